The Labute approximate surface area is 171 Å². The van der Waals surface area contributed by atoms with Gasteiger partial charge >= 0.3 is 6.03 Å². The molecule has 6 nitrogen and oxygen atoms in total. The molecule has 2 aromatic carbocycles. The third-order valence-corrected chi connectivity index (χ3v) is 5.34. The van der Waals surface area contributed by atoms with Crippen LogP contribution in [0.5, 0.6) is 0 Å². The molecule has 1 aliphatic rings. The van der Waals surface area contributed by atoms with Crippen LogP contribution in [-0.4, -0.2) is 35.3 Å². The van der Waals surface area contributed by atoms with Gasteiger partial charge in [0.25, 0.3) is 5.91 Å². The molecule has 0 saturated carbocycles. The summed E-state index contributed by atoms with van der Waals surface area (Å²) in [7, 11) is 0. The van der Waals surface area contributed by atoms with Crippen LogP contribution in [0.2, 0.25) is 0 Å². The van der Waals surface area contributed by atoms with Crippen molar-refractivity contribution in [3.63, 3.8) is 0 Å². The van der Waals surface area contributed by atoms with E-state index in [-0.39, 0.29) is 24.4 Å². The summed E-state index contributed by atoms with van der Waals surface area (Å²) >= 11 is 0. The molecule has 29 heavy (non-hydrogen) atoms. The van der Waals surface area contributed by atoms with E-state index in [1.807, 2.05) is 70.2 Å². The van der Waals surface area contributed by atoms with Crippen molar-refractivity contribution in [3.8, 4) is 0 Å². The molecule has 1 N–H and O–H groups in total. The maximum absolute atomic E-state index is 12.9. The Balaban J connectivity index is 1.71. The fraction of sp³-hybridized carbons (Fsp3) is 0.348. The van der Waals surface area contributed by atoms with Crippen molar-refractivity contribution in [1.82, 2.24) is 10.2 Å². The van der Waals surface area contributed by atoms with Crippen molar-refractivity contribution < 1.29 is 14.4 Å². The van der Waals surface area contributed by atoms with Crippen molar-refractivity contribution in [3.05, 3.63) is 64.7 Å². The molecule has 2 aromatic rings. The lowest BCUT2D eigenvalue weighted by Crippen LogP contribution is -2.42. The van der Waals surface area contributed by atoms with E-state index in [4.69, 9.17) is 0 Å². The molecule has 1 aliphatic heterocycles. The molecule has 3 rings (SSSR count). The summed E-state index contributed by atoms with van der Waals surface area (Å²) in [6, 6.07) is 12.1. The molecule has 6 heteroatoms. The second kappa shape index (κ2) is 8.07. The molecule has 152 valence electrons. The lowest BCUT2D eigenvalue weighted by Gasteiger charge is -2.20. The predicted octanol–water partition coefficient (Wildman–Crippen LogP) is 3.65. The van der Waals surface area contributed by atoms with Gasteiger partial charge in [-0.3, -0.25) is 19.4 Å². The van der Waals surface area contributed by atoms with E-state index in [0.717, 1.165) is 27.2 Å². The topological polar surface area (TPSA) is 69.7 Å². The van der Waals surface area contributed by atoms with Crippen molar-refractivity contribution in [2.45, 2.75) is 46.7 Å². The number of benzene rings is 2. The molecule has 1 fully saturated rings. The van der Waals surface area contributed by atoms with Gasteiger partial charge in [0.2, 0.25) is 5.91 Å². The van der Waals surface area contributed by atoms with Crippen molar-refractivity contribution >= 4 is 23.5 Å². The van der Waals surface area contributed by atoms with Crippen LogP contribution in [0.1, 0.15) is 42.1 Å². The van der Waals surface area contributed by atoms with Gasteiger partial charge in [0.15, 0.2) is 0 Å². The normalized spacial score (nSPS) is 17.6. The van der Waals surface area contributed by atoms with E-state index in [0.29, 0.717) is 5.69 Å². The minimum Gasteiger partial charge on any atom is -0.348 e. The number of imide groups is 1. The summed E-state index contributed by atoms with van der Waals surface area (Å²) in [5.74, 6) is -0.733. The summed E-state index contributed by atoms with van der Waals surface area (Å²) in [6.45, 7) is 9.23. The Morgan fingerprint density at radius 3 is 2.31 bits per heavy atom. The van der Waals surface area contributed by atoms with E-state index in [1.165, 1.54) is 4.90 Å². The zero-order valence-electron chi connectivity index (χ0n) is 17.5. The van der Waals surface area contributed by atoms with Crippen molar-refractivity contribution in [2.75, 3.05) is 11.4 Å². The van der Waals surface area contributed by atoms with E-state index in [2.05, 4.69) is 5.32 Å². The highest BCUT2D eigenvalue weighted by Gasteiger charge is 2.44. The molecule has 1 saturated heterocycles. The number of hydrogen-bond donors (Lipinski definition) is 1. The van der Waals surface area contributed by atoms with Crippen LogP contribution in [0.4, 0.5) is 10.5 Å². The minimum atomic E-state index is -0.644. The van der Waals surface area contributed by atoms with Gasteiger partial charge in [-0.25, -0.2) is 4.79 Å². The first-order chi connectivity index (χ1) is 13.7. The first-order valence-electron chi connectivity index (χ1n) is 9.76. The molecule has 0 aromatic heterocycles. The minimum absolute atomic E-state index is 0.221. The largest absolute Gasteiger partial charge is 0.348 e. The number of aryl methyl sites for hydroxylation is 3. The van der Waals surface area contributed by atoms with Gasteiger partial charge in [0.1, 0.15) is 12.6 Å². The van der Waals surface area contributed by atoms with Gasteiger partial charge in [-0.1, -0.05) is 41.5 Å². The molecular weight excluding hydrogens is 366 g/mol. The average molecular weight is 393 g/mol. The third kappa shape index (κ3) is 4.16. The second-order valence-corrected chi connectivity index (χ2v) is 7.74. The Kier molecular flexibility index (Phi) is 5.73. The first kappa shape index (κ1) is 20.6. The van der Waals surface area contributed by atoms with E-state index in [9.17, 15) is 14.4 Å². The van der Waals surface area contributed by atoms with Crippen LogP contribution in [0, 0.1) is 20.8 Å². The van der Waals surface area contributed by atoms with Crippen molar-refractivity contribution in [1.29, 1.82) is 0 Å². The quantitative estimate of drug-likeness (QED) is 0.789. The fourth-order valence-corrected chi connectivity index (χ4v) is 3.65. The van der Waals surface area contributed by atoms with Gasteiger partial charge in [-0.15, -0.1) is 0 Å². The van der Waals surface area contributed by atoms with Crippen LogP contribution >= 0.6 is 0 Å². The summed E-state index contributed by atoms with van der Waals surface area (Å²) in [5, 5.41) is 2.91. The molecule has 0 radical (unpaired) electrons. The molecule has 0 spiro atoms. The maximum Gasteiger partial charge on any atom is 0.332 e. The number of amides is 4. The number of hydrogen-bond acceptors (Lipinski definition) is 3. The summed E-state index contributed by atoms with van der Waals surface area (Å²) in [5.41, 5.74) is 4.92. The van der Waals surface area contributed by atoms with Crippen LogP contribution in [0.3, 0.4) is 0 Å². The van der Waals surface area contributed by atoms with Crippen molar-refractivity contribution in [2.24, 2.45) is 0 Å². The molecule has 1 heterocycles. The molecular formula is C23H27N3O3. The number of anilines is 1. The van der Waals surface area contributed by atoms with E-state index < -0.39 is 12.1 Å². The van der Waals surface area contributed by atoms with Gasteiger partial charge in [-0.2, -0.15) is 0 Å². The maximum atomic E-state index is 12.9. The molecule has 4 amide bonds. The van der Waals surface area contributed by atoms with Crippen LogP contribution in [-0.2, 0) is 9.59 Å². The Bertz CT molecular complexity index is 952. The highest BCUT2D eigenvalue weighted by atomic mass is 16.2. The number of urea groups is 1. The smallest absolute Gasteiger partial charge is 0.332 e. The van der Waals surface area contributed by atoms with Gasteiger partial charge in [0, 0.05) is 5.69 Å². The highest BCUT2D eigenvalue weighted by molar-refractivity contribution is 6.15. The lowest BCUT2D eigenvalue weighted by atomic mass is 10.00. The SMILES string of the molecule is Cc1ccc(N2C(=O)N(CC(=O)N[C@H](C)c3cc(C)ccc3C)C(=O)[C@H]2C)cc1. The van der Waals surface area contributed by atoms with Crippen LogP contribution < -0.4 is 10.2 Å². The lowest BCUT2D eigenvalue weighted by molar-refractivity contribution is -0.132. The van der Waals surface area contributed by atoms with Crippen LogP contribution in [0.15, 0.2) is 42.5 Å². The molecule has 0 unspecified atom stereocenters. The molecule has 0 bridgehead atoms. The number of carbonyl (C=O) groups excluding carboxylic acids is 3. The highest BCUT2D eigenvalue weighted by Crippen LogP contribution is 2.26. The molecule has 0 aliphatic carbocycles. The summed E-state index contributed by atoms with van der Waals surface area (Å²) in [6.07, 6.45) is 0. The third-order valence-electron chi connectivity index (χ3n) is 5.34. The second-order valence-electron chi connectivity index (χ2n) is 7.74. The number of nitrogens with zero attached hydrogens (tertiary/aromatic N) is 2. The zero-order chi connectivity index (χ0) is 21.3. The van der Waals surface area contributed by atoms with Gasteiger partial charge in [-0.05, 0) is 57.9 Å². The van der Waals surface area contributed by atoms with E-state index >= 15 is 0 Å². The predicted molar refractivity (Wildman–Crippen MR) is 113 cm³/mol. The number of rotatable bonds is 5. The van der Waals surface area contributed by atoms with E-state index in [1.54, 1.807) is 6.92 Å². The first-order valence-corrected chi connectivity index (χ1v) is 9.76. The summed E-state index contributed by atoms with van der Waals surface area (Å²) in [4.78, 5) is 40.5. The Morgan fingerprint density at radius 1 is 1.03 bits per heavy atom. The average Bonchev–Trinajstić information content (AvgIpc) is 2.88. The zero-order valence-corrected chi connectivity index (χ0v) is 17.5. The standard InChI is InChI=1S/C23H27N3O3/c1-14-7-10-19(11-8-14)26-18(5)22(28)25(23(26)29)13-21(27)24-17(4)20-12-15(2)6-9-16(20)3/h6-12,17-18H,13H2,1-5H3,(H,24,27)/t17-,18-/m1/s1. The molecule has 2 atom stereocenters. The number of carbonyl (C=O) groups is 3. The summed E-state index contributed by atoms with van der Waals surface area (Å²) < 4.78 is 0. The Hall–Kier alpha value is -3.15. The number of nitrogens with one attached hydrogen (secondary N) is 1. The van der Waals surface area contributed by atoms with Gasteiger partial charge < -0.3 is 5.32 Å². The monoisotopic (exact) mass is 393 g/mol. The van der Waals surface area contributed by atoms with Gasteiger partial charge in [0.05, 0.1) is 6.04 Å². The van der Waals surface area contributed by atoms with Crippen LogP contribution in [0.25, 0.3) is 0 Å². The fourth-order valence-electron chi connectivity index (χ4n) is 3.65. The Morgan fingerprint density at radius 2 is 1.66 bits per heavy atom.